The van der Waals surface area contributed by atoms with E-state index in [1.165, 1.54) is 12.1 Å². The SMILES string of the molecule is COc1ccc(S(=O)(=O)NCC(c2cccnc2)N2CCOCC2)cc1. The smallest absolute Gasteiger partial charge is 0.240 e. The third kappa shape index (κ3) is 4.59. The summed E-state index contributed by atoms with van der Waals surface area (Å²) in [5, 5.41) is 0. The largest absolute Gasteiger partial charge is 0.497 e. The van der Waals surface area contributed by atoms with Gasteiger partial charge >= 0.3 is 0 Å². The number of sulfonamides is 1. The molecule has 0 amide bonds. The van der Waals surface area contributed by atoms with E-state index in [1.807, 2.05) is 12.1 Å². The molecule has 26 heavy (non-hydrogen) atoms. The first-order valence-electron chi connectivity index (χ1n) is 8.45. The van der Waals surface area contributed by atoms with Gasteiger partial charge in [-0.1, -0.05) is 6.07 Å². The molecule has 1 saturated heterocycles. The molecule has 1 N–H and O–H groups in total. The number of rotatable bonds is 7. The highest BCUT2D eigenvalue weighted by Crippen LogP contribution is 2.22. The Hall–Kier alpha value is -2.00. The van der Waals surface area contributed by atoms with E-state index in [1.54, 1.807) is 31.6 Å². The van der Waals surface area contributed by atoms with Crippen LogP contribution in [-0.2, 0) is 14.8 Å². The molecule has 0 aliphatic carbocycles. The second-order valence-corrected chi connectivity index (χ2v) is 7.74. The molecule has 8 heteroatoms. The standard InChI is InChI=1S/C18H23N3O4S/c1-24-16-4-6-17(7-5-16)26(22,23)20-14-18(15-3-2-8-19-13-15)21-9-11-25-12-10-21/h2-8,13,18,20H,9-12,14H2,1H3. The zero-order valence-electron chi connectivity index (χ0n) is 14.7. The Labute approximate surface area is 154 Å². The lowest BCUT2D eigenvalue weighted by atomic mass is 10.1. The van der Waals surface area contributed by atoms with Gasteiger partial charge in [0, 0.05) is 32.0 Å². The Balaban J connectivity index is 1.75. The van der Waals surface area contributed by atoms with Crippen LogP contribution in [0.4, 0.5) is 0 Å². The van der Waals surface area contributed by atoms with Crippen molar-refractivity contribution < 1.29 is 17.9 Å². The van der Waals surface area contributed by atoms with Crippen LogP contribution in [0.15, 0.2) is 53.7 Å². The number of morpholine rings is 1. The molecule has 7 nitrogen and oxygen atoms in total. The average molecular weight is 377 g/mol. The maximum Gasteiger partial charge on any atom is 0.240 e. The van der Waals surface area contributed by atoms with Crippen molar-refractivity contribution in [3.63, 3.8) is 0 Å². The van der Waals surface area contributed by atoms with Crippen LogP contribution in [0.3, 0.4) is 0 Å². The third-order valence-corrected chi connectivity index (χ3v) is 5.83. The van der Waals surface area contributed by atoms with Gasteiger partial charge in [0.2, 0.25) is 10.0 Å². The maximum atomic E-state index is 12.6. The fourth-order valence-corrected chi connectivity index (χ4v) is 3.99. The predicted octanol–water partition coefficient (Wildman–Crippen LogP) is 1.44. The molecule has 140 valence electrons. The van der Waals surface area contributed by atoms with Gasteiger partial charge in [0.25, 0.3) is 0 Å². The predicted molar refractivity (Wildman–Crippen MR) is 97.6 cm³/mol. The van der Waals surface area contributed by atoms with E-state index < -0.39 is 10.0 Å². The minimum Gasteiger partial charge on any atom is -0.497 e. The number of pyridine rings is 1. The number of ether oxygens (including phenoxy) is 2. The first-order chi connectivity index (χ1) is 12.6. The van der Waals surface area contributed by atoms with Crippen molar-refractivity contribution in [1.29, 1.82) is 0 Å². The molecular weight excluding hydrogens is 354 g/mol. The first kappa shape index (κ1) is 18.8. The number of methoxy groups -OCH3 is 1. The average Bonchev–Trinajstić information content (AvgIpc) is 2.70. The van der Waals surface area contributed by atoms with E-state index in [0.29, 0.717) is 19.0 Å². The molecule has 2 heterocycles. The number of nitrogens with zero attached hydrogens (tertiary/aromatic N) is 2. The highest BCUT2D eigenvalue weighted by molar-refractivity contribution is 7.89. The number of aromatic nitrogens is 1. The quantitative estimate of drug-likeness (QED) is 0.786. The van der Waals surface area contributed by atoms with Gasteiger partial charge in [0.1, 0.15) is 5.75 Å². The highest BCUT2D eigenvalue weighted by Gasteiger charge is 2.25. The van der Waals surface area contributed by atoms with Gasteiger partial charge in [-0.15, -0.1) is 0 Å². The van der Waals surface area contributed by atoms with Crippen LogP contribution in [0.5, 0.6) is 5.75 Å². The summed E-state index contributed by atoms with van der Waals surface area (Å²) in [6, 6.07) is 10.1. The normalized spacial score (nSPS) is 17.0. The van der Waals surface area contributed by atoms with Crippen molar-refractivity contribution in [3.05, 3.63) is 54.4 Å². The van der Waals surface area contributed by atoms with Gasteiger partial charge in [-0.25, -0.2) is 13.1 Å². The van der Waals surface area contributed by atoms with Gasteiger partial charge in [0.05, 0.1) is 31.3 Å². The number of hydrogen-bond acceptors (Lipinski definition) is 6. The zero-order chi connectivity index (χ0) is 18.4. The lowest BCUT2D eigenvalue weighted by Gasteiger charge is -2.34. The summed E-state index contributed by atoms with van der Waals surface area (Å²) in [4.78, 5) is 6.61. The highest BCUT2D eigenvalue weighted by atomic mass is 32.2. The lowest BCUT2D eigenvalue weighted by Crippen LogP contribution is -2.43. The fourth-order valence-electron chi connectivity index (χ4n) is 2.95. The number of nitrogens with one attached hydrogen (secondary N) is 1. The number of hydrogen-bond donors (Lipinski definition) is 1. The summed E-state index contributed by atoms with van der Waals surface area (Å²) >= 11 is 0. The molecule has 0 radical (unpaired) electrons. The minimum atomic E-state index is -3.61. The molecule has 1 aromatic heterocycles. The topological polar surface area (TPSA) is 80.8 Å². The molecule has 1 aromatic carbocycles. The van der Waals surface area contributed by atoms with Gasteiger partial charge in [-0.3, -0.25) is 9.88 Å². The number of benzene rings is 1. The Morgan fingerprint density at radius 2 is 1.96 bits per heavy atom. The van der Waals surface area contributed by atoms with Crippen LogP contribution in [0.25, 0.3) is 0 Å². The second-order valence-electron chi connectivity index (χ2n) is 5.98. The molecule has 0 bridgehead atoms. The second kappa shape index (κ2) is 8.59. The van der Waals surface area contributed by atoms with E-state index in [-0.39, 0.29) is 17.5 Å². The van der Waals surface area contributed by atoms with Crippen LogP contribution in [0.2, 0.25) is 0 Å². The molecule has 0 spiro atoms. The van der Waals surface area contributed by atoms with Crippen molar-refractivity contribution in [3.8, 4) is 5.75 Å². The maximum absolute atomic E-state index is 12.6. The Morgan fingerprint density at radius 1 is 1.23 bits per heavy atom. The summed E-state index contributed by atoms with van der Waals surface area (Å²) in [5.74, 6) is 0.616. The third-order valence-electron chi connectivity index (χ3n) is 4.39. The first-order valence-corrected chi connectivity index (χ1v) is 9.94. The van der Waals surface area contributed by atoms with E-state index in [2.05, 4.69) is 14.6 Å². The summed E-state index contributed by atoms with van der Waals surface area (Å²) in [6.07, 6.45) is 3.49. The van der Waals surface area contributed by atoms with Gasteiger partial charge < -0.3 is 9.47 Å². The van der Waals surface area contributed by atoms with Crippen LogP contribution < -0.4 is 9.46 Å². The molecule has 3 rings (SSSR count). The van der Waals surface area contributed by atoms with Gasteiger partial charge in [-0.2, -0.15) is 0 Å². The summed E-state index contributed by atoms with van der Waals surface area (Å²) in [6.45, 7) is 3.05. The Kier molecular flexibility index (Phi) is 6.20. The molecular formula is C18H23N3O4S. The Morgan fingerprint density at radius 3 is 2.58 bits per heavy atom. The molecule has 1 aliphatic heterocycles. The van der Waals surface area contributed by atoms with Crippen molar-refractivity contribution >= 4 is 10.0 Å². The molecule has 1 unspecified atom stereocenters. The van der Waals surface area contributed by atoms with Crippen molar-refractivity contribution in [2.24, 2.45) is 0 Å². The summed E-state index contributed by atoms with van der Waals surface area (Å²) in [7, 11) is -2.07. The zero-order valence-corrected chi connectivity index (χ0v) is 15.5. The summed E-state index contributed by atoms with van der Waals surface area (Å²) in [5.41, 5.74) is 0.979. The van der Waals surface area contributed by atoms with Gasteiger partial charge in [-0.05, 0) is 35.9 Å². The van der Waals surface area contributed by atoms with Crippen molar-refractivity contribution in [2.75, 3.05) is 40.0 Å². The van der Waals surface area contributed by atoms with Crippen LogP contribution in [-0.4, -0.2) is 58.3 Å². The van der Waals surface area contributed by atoms with E-state index in [0.717, 1.165) is 18.7 Å². The van der Waals surface area contributed by atoms with Crippen LogP contribution in [0.1, 0.15) is 11.6 Å². The van der Waals surface area contributed by atoms with Crippen LogP contribution >= 0.6 is 0 Å². The molecule has 0 saturated carbocycles. The molecule has 1 fully saturated rings. The van der Waals surface area contributed by atoms with Crippen molar-refractivity contribution in [1.82, 2.24) is 14.6 Å². The molecule has 2 aromatic rings. The fraction of sp³-hybridized carbons (Fsp3) is 0.389. The lowest BCUT2D eigenvalue weighted by molar-refractivity contribution is 0.0171. The Bertz CT molecular complexity index is 791. The van der Waals surface area contributed by atoms with Crippen LogP contribution in [0, 0.1) is 0 Å². The van der Waals surface area contributed by atoms with E-state index in [4.69, 9.17) is 9.47 Å². The summed E-state index contributed by atoms with van der Waals surface area (Å²) < 4.78 is 38.5. The van der Waals surface area contributed by atoms with Crippen molar-refractivity contribution in [2.45, 2.75) is 10.9 Å². The molecule has 1 atom stereocenters. The van der Waals surface area contributed by atoms with Gasteiger partial charge in [0.15, 0.2) is 0 Å². The van der Waals surface area contributed by atoms with E-state index in [9.17, 15) is 8.42 Å². The van der Waals surface area contributed by atoms with E-state index >= 15 is 0 Å². The molecule has 1 aliphatic rings. The minimum absolute atomic E-state index is 0.0966. The monoisotopic (exact) mass is 377 g/mol.